The van der Waals surface area contributed by atoms with Crippen molar-refractivity contribution < 1.29 is 4.79 Å². The van der Waals surface area contributed by atoms with Crippen molar-refractivity contribution in [3.05, 3.63) is 90.3 Å². The highest BCUT2D eigenvalue weighted by atomic mass is 16.1. The summed E-state index contributed by atoms with van der Waals surface area (Å²) in [4.78, 5) is 21.5. The summed E-state index contributed by atoms with van der Waals surface area (Å²) in [5.74, 6) is -0.184. The van der Waals surface area contributed by atoms with Crippen LogP contribution >= 0.6 is 0 Å². The predicted molar refractivity (Wildman–Crippen MR) is 113 cm³/mol. The van der Waals surface area contributed by atoms with Crippen molar-refractivity contribution in [2.75, 3.05) is 36.4 Å². The zero-order valence-corrected chi connectivity index (χ0v) is 15.8. The number of carbonyl (C=O) groups excluding carboxylic acids is 1. The number of hydrogen-bond acceptors (Lipinski definition) is 4. The van der Waals surface area contributed by atoms with E-state index in [4.69, 9.17) is 0 Å². The van der Waals surface area contributed by atoms with E-state index < -0.39 is 0 Å². The van der Waals surface area contributed by atoms with Gasteiger partial charge in [-0.15, -0.1) is 0 Å². The molecule has 1 amide bonds. The van der Waals surface area contributed by atoms with Gasteiger partial charge >= 0.3 is 0 Å². The lowest BCUT2D eigenvalue weighted by atomic mass is 10.2. The Labute approximate surface area is 165 Å². The van der Waals surface area contributed by atoms with Gasteiger partial charge in [-0.2, -0.15) is 0 Å². The van der Waals surface area contributed by atoms with Crippen LogP contribution in [0.5, 0.6) is 0 Å². The Balaban J connectivity index is 1.36. The van der Waals surface area contributed by atoms with E-state index in [1.807, 2.05) is 42.5 Å². The van der Waals surface area contributed by atoms with E-state index in [-0.39, 0.29) is 5.91 Å². The van der Waals surface area contributed by atoms with Crippen LogP contribution in [0.4, 0.5) is 11.4 Å². The summed E-state index contributed by atoms with van der Waals surface area (Å²) in [6, 6.07) is 23.9. The van der Waals surface area contributed by atoms with E-state index >= 15 is 0 Å². The molecular formula is C23H24N4O. The van der Waals surface area contributed by atoms with Crippen molar-refractivity contribution in [3.63, 3.8) is 0 Å². The molecule has 5 heteroatoms. The first-order valence-corrected chi connectivity index (χ1v) is 9.61. The number of rotatable bonds is 5. The molecule has 4 rings (SSSR count). The van der Waals surface area contributed by atoms with Gasteiger partial charge in [0.05, 0.1) is 0 Å². The molecule has 0 unspecified atom stereocenters. The zero-order valence-electron chi connectivity index (χ0n) is 15.8. The Morgan fingerprint density at radius 1 is 0.893 bits per heavy atom. The number of piperazine rings is 1. The summed E-state index contributed by atoms with van der Waals surface area (Å²) >= 11 is 0. The highest BCUT2D eigenvalue weighted by Gasteiger charge is 2.18. The number of pyridine rings is 1. The topological polar surface area (TPSA) is 48.5 Å². The van der Waals surface area contributed by atoms with Crippen molar-refractivity contribution in [2.45, 2.75) is 6.54 Å². The first kappa shape index (κ1) is 18.2. The van der Waals surface area contributed by atoms with Crippen LogP contribution in [0.3, 0.4) is 0 Å². The summed E-state index contributed by atoms with van der Waals surface area (Å²) in [5, 5.41) is 2.89. The Morgan fingerprint density at radius 2 is 1.57 bits per heavy atom. The SMILES string of the molecule is O=C(Nc1ccccc1)c1cc(N2CCN(Cc3ccccc3)CC2)ccn1. The number of nitrogens with one attached hydrogen (secondary N) is 1. The van der Waals surface area contributed by atoms with Crippen molar-refractivity contribution >= 4 is 17.3 Å². The molecule has 28 heavy (non-hydrogen) atoms. The molecule has 1 aliphatic heterocycles. The van der Waals surface area contributed by atoms with Gasteiger partial charge in [-0.3, -0.25) is 14.7 Å². The fourth-order valence-electron chi connectivity index (χ4n) is 3.46. The molecule has 0 spiro atoms. The molecular weight excluding hydrogens is 348 g/mol. The van der Waals surface area contributed by atoms with Crippen molar-refractivity contribution in [1.82, 2.24) is 9.88 Å². The van der Waals surface area contributed by atoms with E-state index in [0.717, 1.165) is 44.1 Å². The second-order valence-corrected chi connectivity index (χ2v) is 6.97. The highest BCUT2D eigenvalue weighted by Crippen LogP contribution is 2.18. The van der Waals surface area contributed by atoms with Crippen LogP contribution in [0.1, 0.15) is 16.1 Å². The monoisotopic (exact) mass is 372 g/mol. The molecule has 1 N–H and O–H groups in total. The molecule has 0 bridgehead atoms. The van der Waals surface area contributed by atoms with E-state index in [1.165, 1.54) is 5.56 Å². The number of amides is 1. The Bertz CT molecular complexity index is 906. The van der Waals surface area contributed by atoms with Crippen LogP contribution in [0, 0.1) is 0 Å². The smallest absolute Gasteiger partial charge is 0.274 e. The van der Waals surface area contributed by atoms with Gasteiger partial charge in [-0.25, -0.2) is 0 Å². The van der Waals surface area contributed by atoms with E-state index in [0.29, 0.717) is 5.69 Å². The molecule has 0 atom stereocenters. The second kappa shape index (κ2) is 8.67. The minimum absolute atomic E-state index is 0.184. The molecule has 0 saturated carbocycles. The van der Waals surface area contributed by atoms with Crippen molar-refractivity contribution in [2.24, 2.45) is 0 Å². The summed E-state index contributed by atoms with van der Waals surface area (Å²) < 4.78 is 0. The molecule has 3 aromatic rings. The third kappa shape index (κ3) is 4.56. The fraction of sp³-hybridized carbons (Fsp3) is 0.217. The van der Waals surface area contributed by atoms with Gasteiger partial charge in [0.25, 0.3) is 5.91 Å². The lowest BCUT2D eigenvalue weighted by molar-refractivity contribution is 0.102. The maximum atomic E-state index is 12.5. The fourth-order valence-corrected chi connectivity index (χ4v) is 3.46. The van der Waals surface area contributed by atoms with E-state index in [1.54, 1.807) is 6.20 Å². The lowest BCUT2D eigenvalue weighted by Crippen LogP contribution is -2.46. The van der Waals surface area contributed by atoms with Crippen molar-refractivity contribution in [1.29, 1.82) is 0 Å². The molecule has 1 aliphatic rings. The summed E-state index contributed by atoms with van der Waals surface area (Å²) in [7, 11) is 0. The molecule has 142 valence electrons. The highest BCUT2D eigenvalue weighted by molar-refractivity contribution is 6.03. The average molecular weight is 372 g/mol. The first-order chi connectivity index (χ1) is 13.8. The predicted octanol–water partition coefficient (Wildman–Crippen LogP) is 3.66. The molecule has 1 fully saturated rings. The van der Waals surface area contributed by atoms with Crippen LogP contribution in [0.25, 0.3) is 0 Å². The minimum atomic E-state index is -0.184. The molecule has 0 radical (unpaired) electrons. The van der Waals surface area contributed by atoms with Gasteiger partial charge in [0.15, 0.2) is 0 Å². The van der Waals surface area contributed by atoms with Crippen LogP contribution in [0.2, 0.25) is 0 Å². The number of aromatic nitrogens is 1. The Kier molecular flexibility index (Phi) is 5.64. The summed E-state index contributed by atoms with van der Waals surface area (Å²) in [6.07, 6.45) is 1.71. The average Bonchev–Trinajstić information content (AvgIpc) is 2.76. The van der Waals surface area contributed by atoms with Crippen molar-refractivity contribution in [3.8, 4) is 0 Å². The molecule has 1 saturated heterocycles. The lowest BCUT2D eigenvalue weighted by Gasteiger charge is -2.36. The second-order valence-electron chi connectivity index (χ2n) is 6.97. The van der Waals surface area contributed by atoms with Gasteiger partial charge < -0.3 is 10.2 Å². The number of carbonyl (C=O) groups is 1. The largest absolute Gasteiger partial charge is 0.369 e. The van der Waals surface area contributed by atoms with Crippen LogP contribution < -0.4 is 10.2 Å². The maximum absolute atomic E-state index is 12.5. The van der Waals surface area contributed by atoms with Crippen LogP contribution in [-0.4, -0.2) is 42.0 Å². The van der Waals surface area contributed by atoms with Gasteiger partial charge in [0, 0.05) is 50.3 Å². The first-order valence-electron chi connectivity index (χ1n) is 9.61. The van der Waals surface area contributed by atoms with Crippen LogP contribution in [-0.2, 0) is 6.54 Å². The molecule has 2 aromatic carbocycles. The third-order valence-corrected chi connectivity index (χ3v) is 4.99. The Hall–Kier alpha value is -3.18. The molecule has 1 aromatic heterocycles. The number of hydrogen-bond donors (Lipinski definition) is 1. The minimum Gasteiger partial charge on any atom is -0.369 e. The standard InChI is InChI=1S/C23H24N4O/c28-23(25-20-9-5-2-6-10-20)22-17-21(11-12-24-22)27-15-13-26(14-16-27)18-19-7-3-1-4-8-19/h1-12,17H,13-16,18H2,(H,25,28). The number of para-hydroxylation sites is 1. The van der Waals surface area contributed by atoms with Gasteiger partial charge in [-0.1, -0.05) is 48.5 Å². The third-order valence-electron chi connectivity index (χ3n) is 4.99. The number of anilines is 2. The normalized spacial score (nSPS) is 14.6. The number of benzene rings is 2. The quantitative estimate of drug-likeness (QED) is 0.743. The summed E-state index contributed by atoms with van der Waals surface area (Å²) in [5.41, 5.74) is 3.61. The van der Waals surface area contributed by atoms with Gasteiger partial charge in [-0.05, 0) is 29.8 Å². The zero-order chi connectivity index (χ0) is 19.2. The van der Waals surface area contributed by atoms with E-state index in [2.05, 4.69) is 50.4 Å². The van der Waals surface area contributed by atoms with Crippen LogP contribution in [0.15, 0.2) is 79.0 Å². The Morgan fingerprint density at radius 3 is 2.29 bits per heavy atom. The molecule has 0 aliphatic carbocycles. The number of nitrogens with zero attached hydrogens (tertiary/aromatic N) is 3. The summed E-state index contributed by atoms with van der Waals surface area (Å²) in [6.45, 7) is 4.87. The molecule has 5 nitrogen and oxygen atoms in total. The van der Waals surface area contributed by atoms with Gasteiger partial charge in [0.1, 0.15) is 5.69 Å². The maximum Gasteiger partial charge on any atom is 0.274 e. The molecule has 2 heterocycles. The van der Waals surface area contributed by atoms with Gasteiger partial charge in [0.2, 0.25) is 0 Å². The van der Waals surface area contributed by atoms with E-state index in [9.17, 15) is 4.79 Å².